The lowest BCUT2D eigenvalue weighted by Gasteiger charge is -2.27. The van der Waals surface area contributed by atoms with Gasteiger partial charge in [0.1, 0.15) is 25.1 Å². The minimum atomic E-state index is -0.0723. The van der Waals surface area contributed by atoms with E-state index in [-0.39, 0.29) is 30.1 Å². The van der Waals surface area contributed by atoms with Gasteiger partial charge in [-0.3, -0.25) is 4.99 Å². The molecule has 0 aromatic heterocycles. The van der Waals surface area contributed by atoms with Gasteiger partial charge >= 0.3 is 0 Å². The first-order valence-electron chi connectivity index (χ1n) is 9.83. The number of fused-ring (bicyclic) bond motifs is 1. The van der Waals surface area contributed by atoms with Crippen LogP contribution in [-0.4, -0.2) is 64.4 Å². The van der Waals surface area contributed by atoms with E-state index in [9.17, 15) is 0 Å². The first kappa shape index (κ1) is 24.1. The Labute approximate surface area is 195 Å². The molecule has 0 saturated carbocycles. The molecule has 0 amide bonds. The molecule has 2 aromatic carbocycles. The van der Waals surface area contributed by atoms with Crippen LogP contribution in [0.2, 0.25) is 0 Å². The number of benzene rings is 2. The molecule has 1 atom stereocenters. The van der Waals surface area contributed by atoms with E-state index < -0.39 is 0 Å². The first-order chi connectivity index (χ1) is 14.1. The zero-order valence-electron chi connectivity index (χ0n) is 17.8. The minimum absolute atomic E-state index is 0. The molecule has 8 heteroatoms. The summed E-state index contributed by atoms with van der Waals surface area (Å²) in [6, 6.07) is 15.8. The molecule has 0 fully saturated rings. The highest BCUT2D eigenvalue weighted by atomic mass is 127. The van der Waals surface area contributed by atoms with E-state index in [1.54, 1.807) is 7.05 Å². The third kappa shape index (κ3) is 7.56. The summed E-state index contributed by atoms with van der Waals surface area (Å²) < 4.78 is 17.5. The standard InChI is InChI=1S/C22H30N4O3.HI/c1-23-22(25-15-19-16-28-20-9-4-5-10-21(20)29-19)24-14-17-7-6-8-18(13-17)27-12-11-26(2)3;/h4-10,13,19H,11-12,14-16H2,1-3H3,(H2,23,24,25);1H. The normalized spacial score (nSPS) is 15.3. The van der Waals surface area contributed by atoms with Gasteiger partial charge in [0.25, 0.3) is 0 Å². The number of aliphatic imine (C=N–C) groups is 1. The molecule has 2 N–H and O–H groups in total. The zero-order chi connectivity index (χ0) is 20.5. The number of ether oxygens (including phenoxy) is 3. The summed E-state index contributed by atoms with van der Waals surface area (Å²) in [5.74, 6) is 3.16. The van der Waals surface area contributed by atoms with Gasteiger partial charge in [-0.15, -0.1) is 24.0 Å². The van der Waals surface area contributed by atoms with E-state index in [0.29, 0.717) is 32.3 Å². The highest BCUT2D eigenvalue weighted by Gasteiger charge is 2.20. The van der Waals surface area contributed by atoms with Gasteiger partial charge in [0, 0.05) is 20.1 Å². The average Bonchev–Trinajstić information content (AvgIpc) is 2.74. The molecule has 30 heavy (non-hydrogen) atoms. The molecule has 3 rings (SSSR count). The van der Waals surface area contributed by atoms with Gasteiger partial charge in [-0.2, -0.15) is 0 Å². The molecular formula is C22H31IN4O3. The SMILES string of the molecule is CN=C(NCc1cccc(OCCN(C)C)c1)NCC1COc2ccccc2O1.I. The van der Waals surface area contributed by atoms with E-state index in [1.807, 2.05) is 56.6 Å². The Morgan fingerprint density at radius 2 is 1.93 bits per heavy atom. The molecule has 0 aliphatic carbocycles. The minimum Gasteiger partial charge on any atom is -0.492 e. The van der Waals surface area contributed by atoms with Crippen molar-refractivity contribution in [3.05, 3.63) is 54.1 Å². The van der Waals surface area contributed by atoms with E-state index in [2.05, 4.69) is 26.6 Å². The smallest absolute Gasteiger partial charge is 0.191 e. The van der Waals surface area contributed by atoms with Gasteiger partial charge in [0.2, 0.25) is 0 Å². The van der Waals surface area contributed by atoms with Crippen LogP contribution in [0, 0.1) is 0 Å². The fourth-order valence-corrected chi connectivity index (χ4v) is 2.87. The van der Waals surface area contributed by atoms with Crippen LogP contribution in [0.4, 0.5) is 0 Å². The predicted molar refractivity (Wildman–Crippen MR) is 130 cm³/mol. The maximum absolute atomic E-state index is 5.97. The second kappa shape index (κ2) is 12.5. The monoisotopic (exact) mass is 526 g/mol. The predicted octanol–water partition coefficient (Wildman–Crippen LogP) is 2.75. The summed E-state index contributed by atoms with van der Waals surface area (Å²) in [5, 5.41) is 6.62. The number of para-hydroxylation sites is 2. The number of hydrogen-bond donors (Lipinski definition) is 2. The Kier molecular flexibility index (Phi) is 10.0. The van der Waals surface area contributed by atoms with Crippen LogP contribution in [0.25, 0.3) is 0 Å². The Morgan fingerprint density at radius 3 is 2.70 bits per heavy atom. The van der Waals surface area contributed by atoms with Crippen LogP contribution in [-0.2, 0) is 6.54 Å². The van der Waals surface area contributed by atoms with E-state index in [1.165, 1.54) is 0 Å². The van der Waals surface area contributed by atoms with Crippen molar-refractivity contribution < 1.29 is 14.2 Å². The Balaban J connectivity index is 0.00000320. The van der Waals surface area contributed by atoms with Crippen LogP contribution in [0.15, 0.2) is 53.5 Å². The number of halogens is 1. The molecule has 1 aliphatic rings. The summed E-state index contributed by atoms with van der Waals surface area (Å²) in [7, 11) is 5.82. The molecular weight excluding hydrogens is 495 g/mol. The maximum atomic E-state index is 5.97. The van der Waals surface area contributed by atoms with Crippen molar-refractivity contribution in [1.29, 1.82) is 0 Å². The van der Waals surface area contributed by atoms with Crippen molar-refractivity contribution in [1.82, 2.24) is 15.5 Å². The molecule has 164 valence electrons. The average molecular weight is 526 g/mol. The van der Waals surface area contributed by atoms with Crippen molar-refractivity contribution in [2.75, 3.05) is 47.4 Å². The molecule has 0 bridgehead atoms. The summed E-state index contributed by atoms with van der Waals surface area (Å²) in [6.07, 6.45) is -0.0723. The fraction of sp³-hybridized carbons (Fsp3) is 0.409. The molecule has 7 nitrogen and oxygen atoms in total. The first-order valence-corrected chi connectivity index (χ1v) is 9.83. The summed E-state index contributed by atoms with van der Waals surface area (Å²) in [6.45, 7) is 3.31. The van der Waals surface area contributed by atoms with Crippen molar-refractivity contribution >= 4 is 29.9 Å². The van der Waals surface area contributed by atoms with Gasteiger partial charge in [-0.1, -0.05) is 24.3 Å². The Bertz CT molecular complexity index is 816. The summed E-state index contributed by atoms with van der Waals surface area (Å²) in [5.41, 5.74) is 1.13. The number of guanidine groups is 1. The molecule has 1 unspecified atom stereocenters. The second-order valence-corrected chi connectivity index (χ2v) is 7.10. The molecule has 0 saturated heterocycles. The maximum Gasteiger partial charge on any atom is 0.191 e. The highest BCUT2D eigenvalue weighted by molar-refractivity contribution is 14.0. The third-order valence-electron chi connectivity index (χ3n) is 4.45. The van der Waals surface area contributed by atoms with E-state index in [4.69, 9.17) is 14.2 Å². The number of hydrogen-bond acceptors (Lipinski definition) is 5. The third-order valence-corrected chi connectivity index (χ3v) is 4.45. The van der Waals surface area contributed by atoms with Gasteiger partial charge in [-0.25, -0.2) is 0 Å². The van der Waals surface area contributed by atoms with Gasteiger partial charge < -0.3 is 29.7 Å². The topological polar surface area (TPSA) is 67.4 Å². The van der Waals surface area contributed by atoms with Gasteiger partial charge in [0.15, 0.2) is 17.5 Å². The Hall–Kier alpha value is -2.20. The second-order valence-electron chi connectivity index (χ2n) is 7.10. The van der Waals surface area contributed by atoms with Crippen molar-refractivity contribution in [3.8, 4) is 17.2 Å². The van der Waals surface area contributed by atoms with Crippen molar-refractivity contribution in [3.63, 3.8) is 0 Å². The summed E-state index contributed by atoms with van der Waals surface area (Å²) in [4.78, 5) is 6.38. The van der Waals surface area contributed by atoms with E-state index >= 15 is 0 Å². The van der Waals surface area contributed by atoms with Crippen LogP contribution < -0.4 is 24.8 Å². The molecule has 1 heterocycles. The largest absolute Gasteiger partial charge is 0.492 e. The van der Waals surface area contributed by atoms with Gasteiger partial charge in [0.05, 0.1) is 6.54 Å². The molecule has 1 aliphatic heterocycles. The highest BCUT2D eigenvalue weighted by Crippen LogP contribution is 2.30. The quantitative estimate of drug-likeness (QED) is 0.314. The molecule has 2 aromatic rings. The van der Waals surface area contributed by atoms with Crippen LogP contribution in [0.1, 0.15) is 5.56 Å². The van der Waals surface area contributed by atoms with Crippen LogP contribution in [0.3, 0.4) is 0 Å². The van der Waals surface area contributed by atoms with Crippen LogP contribution >= 0.6 is 24.0 Å². The molecule has 0 radical (unpaired) electrons. The fourth-order valence-electron chi connectivity index (χ4n) is 2.87. The van der Waals surface area contributed by atoms with E-state index in [0.717, 1.165) is 29.4 Å². The lowest BCUT2D eigenvalue weighted by molar-refractivity contribution is 0.0936. The lowest BCUT2D eigenvalue weighted by atomic mass is 10.2. The summed E-state index contributed by atoms with van der Waals surface area (Å²) >= 11 is 0. The number of nitrogens with one attached hydrogen (secondary N) is 2. The number of nitrogens with zero attached hydrogens (tertiary/aromatic N) is 2. The lowest BCUT2D eigenvalue weighted by Crippen LogP contribution is -2.45. The van der Waals surface area contributed by atoms with Crippen molar-refractivity contribution in [2.45, 2.75) is 12.6 Å². The number of rotatable bonds is 8. The molecule has 0 spiro atoms. The number of likely N-dealkylation sites (N-methyl/N-ethyl adjacent to an activating group) is 1. The Morgan fingerprint density at radius 1 is 1.13 bits per heavy atom. The van der Waals surface area contributed by atoms with Crippen molar-refractivity contribution in [2.24, 2.45) is 4.99 Å². The van der Waals surface area contributed by atoms with Crippen LogP contribution in [0.5, 0.6) is 17.2 Å². The van der Waals surface area contributed by atoms with Gasteiger partial charge in [-0.05, 0) is 43.9 Å². The zero-order valence-corrected chi connectivity index (χ0v) is 20.1.